The van der Waals surface area contributed by atoms with Crippen molar-refractivity contribution in [2.24, 2.45) is 0 Å². The molecular weight excluding hydrogens is 387 g/mol. The van der Waals surface area contributed by atoms with E-state index >= 15 is 0 Å². The van der Waals surface area contributed by atoms with Gasteiger partial charge in [-0.3, -0.25) is 0 Å². The zero-order valence-corrected chi connectivity index (χ0v) is 17.1. The molecule has 1 aliphatic carbocycles. The van der Waals surface area contributed by atoms with Gasteiger partial charge in [-0.1, -0.05) is 32.3 Å². The van der Waals surface area contributed by atoms with Gasteiger partial charge in [0.25, 0.3) is 0 Å². The van der Waals surface area contributed by atoms with Crippen molar-refractivity contribution < 1.29 is 9.18 Å². The molecule has 1 aliphatic heterocycles. The number of nitrogens with zero attached hydrogens (tertiary/aromatic N) is 2. The smallest absolute Gasteiger partial charge is 0.319 e. The van der Waals surface area contributed by atoms with Gasteiger partial charge in [0.2, 0.25) is 0 Å². The number of hydrogen-bond acceptors (Lipinski definition) is 4. The summed E-state index contributed by atoms with van der Waals surface area (Å²) in [4.78, 5) is 17.2. The zero-order chi connectivity index (χ0) is 20.4. The highest BCUT2D eigenvalue weighted by Gasteiger charge is 2.31. The Morgan fingerprint density at radius 2 is 2.10 bits per heavy atom. The number of rotatable bonds is 4. The fraction of sp³-hybridized carbons (Fsp3) is 0.409. The van der Waals surface area contributed by atoms with Crippen LogP contribution in [0, 0.1) is 17.1 Å². The molecule has 1 aromatic heterocycles. The highest BCUT2D eigenvalue weighted by atomic mass is 32.1. The van der Waals surface area contributed by atoms with E-state index in [0.29, 0.717) is 17.9 Å². The van der Waals surface area contributed by atoms with E-state index < -0.39 is 11.9 Å². The Morgan fingerprint density at radius 3 is 2.83 bits per heavy atom. The van der Waals surface area contributed by atoms with Crippen LogP contribution < -0.4 is 10.6 Å². The molecule has 0 radical (unpaired) electrons. The molecule has 150 valence electrons. The topological polar surface area (TPSA) is 77.8 Å². The summed E-state index contributed by atoms with van der Waals surface area (Å²) in [6, 6.07) is 5.51. The number of benzene rings is 1. The first-order valence-corrected chi connectivity index (χ1v) is 10.9. The second-order valence-corrected chi connectivity index (χ2v) is 8.40. The van der Waals surface area contributed by atoms with Gasteiger partial charge in [0.05, 0.1) is 17.3 Å². The molecule has 2 aliphatic rings. The second-order valence-electron chi connectivity index (χ2n) is 7.54. The summed E-state index contributed by atoms with van der Waals surface area (Å²) >= 11 is 1.58. The summed E-state index contributed by atoms with van der Waals surface area (Å²) in [7, 11) is 0. The van der Waals surface area contributed by atoms with E-state index in [1.807, 2.05) is 13.0 Å². The number of urea groups is 1. The summed E-state index contributed by atoms with van der Waals surface area (Å²) in [6.45, 7) is 1.99. The molecule has 29 heavy (non-hydrogen) atoms. The predicted molar refractivity (Wildman–Crippen MR) is 111 cm³/mol. The molecule has 0 bridgehead atoms. The molecule has 4 rings (SSSR count). The summed E-state index contributed by atoms with van der Waals surface area (Å²) in [5, 5.41) is 18.0. The van der Waals surface area contributed by atoms with Crippen LogP contribution in [0.15, 0.2) is 29.3 Å². The Morgan fingerprint density at radius 1 is 1.31 bits per heavy atom. The molecule has 1 fully saturated rings. The van der Waals surface area contributed by atoms with Crippen molar-refractivity contribution in [3.63, 3.8) is 0 Å². The molecule has 1 aromatic carbocycles. The lowest BCUT2D eigenvalue weighted by Gasteiger charge is -2.29. The molecule has 5 nitrogen and oxygen atoms in total. The summed E-state index contributed by atoms with van der Waals surface area (Å²) < 4.78 is 13.8. The number of halogens is 1. The number of aromatic nitrogens is 1. The van der Waals surface area contributed by atoms with Gasteiger partial charge in [0.15, 0.2) is 0 Å². The van der Waals surface area contributed by atoms with Crippen LogP contribution in [-0.4, -0.2) is 11.0 Å². The van der Waals surface area contributed by atoms with Gasteiger partial charge in [-0.2, -0.15) is 5.26 Å². The van der Waals surface area contributed by atoms with Gasteiger partial charge >= 0.3 is 6.03 Å². The predicted octanol–water partition coefficient (Wildman–Crippen LogP) is 5.38. The Kier molecular flexibility index (Phi) is 5.63. The summed E-state index contributed by atoms with van der Waals surface area (Å²) in [5.74, 6) is -0.0633. The standard InChI is InChI=1S/C22H23FN4OS/c1-2-17-19(21-25-18(12-29-21)13-6-4-3-5-7-13)20(27-22(28)26-17)14-8-9-16(23)15(10-14)11-24/h8-10,12-13,20H,2-7H2,1H3,(H2,26,27,28). The molecule has 7 heteroatoms. The van der Waals surface area contributed by atoms with Crippen LogP contribution in [0.5, 0.6) is 0 Å². The molecule has 0 saturated heterocycles. The van der Waals surface area contributed by atoms with Crippen molar-refractivity contribution in [1.29, 1.82) is 5.26 Å². The Hall–Kier alpha value is -2.72. The maximum absolute atomic E-state index is 13.8. The van der Waals surface area contributed by atoms with Crippen molar-refractivity contribution in [3.05, 3.63) is 56.9 Å². The molecule has 0 spiro atoms. The molecule has 2 heterocycles. The van der Waals surface area contributed by atoms with Crippen LogP contribution in [0.25, 0.3) is 5.57 Å². The molecule has 2 amide bonds. The Balaban J connectivity index is 1.76. The molecule has 1 saturated carbocycles. The summed E-state index contributed by atoms with van der Waals surface area (Å²) in [6.07, 6.45) is 6.77. The lowest BCUT2D eigenvalue weighted by atomic mass is 9.87. The molecule has 2 aromatic rings. The lowest BCUT2D eigenvalue weighted by molar-refractivity contribution is 0.240. The van der Waals surface area contributed by atoms with Crippen LogP contribution in [0.1, 0.15) is 79.2 Å². The highest BCUT2D eigenvalue weighted by Crippen LogP contribution is 2.40. The Labute approximate surface area is 173 Å². The number of thiazole rings is 1. The van der Waals surface area contributed by atoms with E-state index in [0.717, 1.165) is 22.0 Å². The van der Waals surface area contributed by atoms with Gasteiger partial charge in [-0.15, -0.1) is 11.3 Å². The second kappa shape index (κ2) is 8.34. The number of allylic oxidation sites excluding steroid dienone is 1. The number of amides is 2. The van der Waals surface area contributed by atoms with E-state index in [2.05, 4.69) is 16.0 Å². The van der Waals surface area contributed by atoms with E-state index in [-0.39, 0.29) is 11.6 Å². The molecule has 1 unspecified atom stereocenters. The largest absolute Gasteiger partial charge is 0.327 e. The first kappa shape index (κ1) is 19.6. The fourth-order valence-electron chi connectivity index (χ4n) is 4.20. The van der Waals surface area contributed by atoms with Crippen molar-refractivity contribution in [2.75, 3.05) is 0 Å². The van der Waals surface area contributed by atoms with Crippen molar-refractivity contribution >= 4 is 22.9 Å². The summed E-state index contributed by atoms with van der Waals surface area (Å²) in [5.41, 5.74) is 3.48. The van der Waals surface area contributed by atoms with E-state index in [4.69, 9.17) is 4.98 Å². The van der Waals surface area contributed by atoms with E-state index in [9.17, 15) is 14.4 Å². The number of carbonyl (C=O) groups excluding carboxylic acids is 1. The van der Waals surface area contributed by atoms with Crippen LogP contribution in [0.2, 0.25) is 0 Å². The first-order valence-electron chi connectivity index (χ1n) is 10.1. The number of nitrogens with one attached hydrogen (secondary N) is 2. The third kappa shape index (κ3) is 3.90. The monoisotopic (exact) mass is 410 g/mol. The molecule has 2 N–H and O–H groups in total. The normalized spacial score (nSPS) is 20.2. The third-order valence-electron chi connectivity index (χ3n) is 5.73. The Bertz CT molecular complexity index is 1000. The minimum Gasteiger partial charge on any atom is -0.327 e. The lowest BCUT2D eigenvalue weighted by Crippen LogP contribution is -2.43. The van der Waals surface area contributed by atoms with Crippen molar-refractivity contribution in [3.8, 4) is 6.07 Å². The average Bonchev–Trinajstić information content (AvgIpc) is 3.24. The van der Waals surface area contributed by atoms with Crippen LogP contribution >= 0.6 is 11.3 Å². The van der Waals surface area contributed by atoms with E-state index in [1.54, 1.807) is 17.4 Å². The quantitative estimate of drug-likeness (QED) is 0.711. The van der Waals surface area contributed by atoms with Gasteiger partial charge in [0.1, 0.15) is 16.9 Å². The van der Waals surface area contributed by atoms with Crippen LogP contribution in [0.4, 0.5) is 9.18 Å². The van der Waals surface area contributed by atoms with Crippen molar-refractivity contribution in [2.45, 2.75) is 57.4 Å². The third-order valence-corrected chi connectivity index (χ3v) is 6.62. The minimum absolute atomic E-state index is 0.0327. The number of carbonyl (C=O) groups is 1. The van der Waals surface area contributed by atoms with Gasteiger partial charge in [-0.25, -0.2) is 14.2 Å². The number of nitriles is 1. The average molecular weight is 411 g/mol. The number of hydrogen-bond donors (Lipinski definition) is 2. The fourth-order valence-corrected chi connectivity index (χ4v) is 5.21. The minimum atomic E-state index is -0.563. The van der Waals surface area contributed by atoms with Crippen LogP contribution in [0.3, 0.4) is 0 Å². The maximum atomic E-state index is 13.8. The SMILES string of the molecule is CCC1=C(c2nc(C3CCCCC3)cs2)C(c2ccc(F)c(C#N)c2)NC(=O)N1. The highest BCUT2D eigenvalue weighted by molar-refractivity contribution is 7.10. The van der Waals surface area contributed by atoms with E-state index in [1.165, 1.54) is 44.2 Å². The van der Waals surface area contributed by atoms with Gasteiger partial charge in [0, 0.05) is 22.6 Å². The van der Waals surface area contributed by atoms with Gasteiger partial charge < -0.3 is 10.6 Å². The maximum Gasteiger partial charge on any atom is 0.319 e. The molecule has 1 atom stereocenters. The molecular formula is C22H23FN4OS. The van der Waals surface area contributed by atoms with Gasteiger partial charge in [-0.05, 0) is 37.0 Å². The van der Waals surface area contributed by atoms with Crippen LogP contribution in [-0.2, 0) is 0 Å². The first-order chi connectivity index (χ1) is 14.1. The zero-order valence-electron chi connectivity index (χ0n) is 16.3. The van der Waals surface area contributed by atoms with Crippen molar-refractivity contribution in [1.82, 2.24) is 15.6 Å².